The molecule has 1 aromatic heterocycles. The van der Waals surface area contributed by atoms with Crippen molar-refractivity contribution in [1.82, 2.24) is 4.98 Å². The third-order valence-corrected chi connectivity index (χ3v) is 4.09. The standard InChI is InChI=1S/C18H16ClNO2/c1-10(2)13-4-3-5-14-15(11-6-8-12(19)9-7-11)17(18(21)22)20-16(13)14/h3-10,20H,1-2H3,(H,21,22). The maximum absolute atomic E-state index is 11.7. The van der Waals surface area contributed by atoms with Crippen LogP contribution >= 0.6 is 11.6 Å². The molecule has 0 atom stereocenters. The van der Waals surface area contributed by atoms with Crippen LogP contribution < -0.4 is 0 Å². The van der Waals surface area contributed by atoms with E-state index in [1.54, 1.807) is 12.1 Å². The molecule has 0 fully saturated rings. The Morgan fingerprint density at radius 1 is 1.14 bits per heavy atom. The topological polar surface area (TPSA) is 53.1 Å². The summed E-state index contributed by atoms with van der Waals surface area (Å²) in [4.78, 5) is 14.7. The Bertz CT molecular complexity index is 847. The zero-order valence-corrected chi connectivity index (χ0v) is 13.1. The smallest absolute Gasteiger partial charge is 0.352 e. The quantitative estimate of drug-likeness (QED) is 0.688. The minimum absolute atomic E-state index is 0.213. The first-order valence-electron chi connectivity index (χ1n) is 7.13. The maximum atomic E-state index is 11.7. The van der Waals surface area contributed by atoms with Gasteiger partial charge in [-0.05, 0) is 29.2 Å². The molecule has 2 N–H and O–H groups in total. The van der Waals surface area contributed by atoms with Crippen LogP contribution in [-0.4, -0.2) is 16.1 Å². The molecule has 2 aromatic carbocycles. The van der Waals surface area contributed by atoms with Gasteiger partial charge in [0, 0.05) is 16.0 Å². The summed E-state index contributed by atoms with van der Waals surface area (Å²) in [6.45, 7) is 4.19. The number of para-hydroxylation sites is 1. The number of aromatic carboxylic acids is 1. The minimum Gasteiger partial charge on any atom is -0.477 e. The minimum atomic E-state index is -0.962. The third kappa shape index (κ3) is 2.38. The number of benzene rings is 2. The molecule has 0 unspecified atom stereocenters. The molecule has 0 aliphatic heterocycles. The van der Waals surface area contributed by atoms with Crippen LogP contribution in [-0.2, 0) is 0 Å². The molecule has 1 heterocycles. The van der Waals surface area contributed by atoms with Crippen LogP contribution in [0.1, 0.15) is 35.8 Å². The lowest BCUT2D eigenvalue weighted by Gasteiger charge is -2.07. The van der Waals surface area contributed by atoms with Crippen LogP contribution in [0.5, 0.6) is 0 Å². The van der Waals surface area contributed by atoms with Gasteiger partial charge in [0.1, 0.15) is 5.69 Å². The second-order valence-electron chi connectivity index (χ2n) is 5.61. The number of aromatic amines is 1. The van der Waals surface area contributed by atoms with E-state index in [9.17, 15) is 9.90 Å². The average molecular weight is 314 g/mol. The van der Waals surface area contributed by atoms with Crippen LogP contribution in [0.3, 0.4) is 0 Å². The van der Waals surface area contributed by atoms with E-state index in [2.05, 4.69) is 18.8 Å². The number of H-pyrrole nitrogens is 1. The third-order valence-electron chi connectivity index (χ3n) is 3.83. The Kier molecular flexibility index (Phi) is 3.67. The van der Waals surface area contributed by atoms with Crippen LogP contribution in [0.4, 0.5) is 0 Å². The molecule has 4 heteroatoms. The Labute approximate surface area is 133 Å². The number of carboxylic acid groups (broad SMARTS) is 1. The number of halogens is 1. The second-order valence-corrected chi connectivity index (χ2v) is 6.05. The molecule has 3 aromatic rings. The van der Waals surface area contributed by atoms with Gasteiger partial charge < -0.3 is 10.1 Å². The lowest BCUT2D eigenvalue weighted by Crippen LogP contribution is -1.98. The Morgan fingerprint density at radius 3 is 2.41 bits per heavy atom. The van der Waals surface area contributed by atoms with Crippen molar-refractivity contribution in [2.45, 2.75) is 19.8 Å². The fourth-order valence-electron chi connectivity index (χ4n) is 2.80. The van der Waals surface area contributed by atoms with E-state index in [1.807, 2.05) is 30.3 Å². The van der Waals surface area contributed by atoms with Crippen molar-refractivity contribution >= 4 is 28.5 Å². The zero-order chi connectivity index (χ0) is 15.9. The number of nitrogens with one attached hydrogen (secondary N) is 1. The number of hydrogen-bond acceptors (Lipinski definition) is 1. The highest BCUT2D eigenvalue weighted by Gasteiger charge is 2.20. The monoisotopic (exact) mass is 313 g/mol. The first-order chi connectivity index (χ1) is 10.5. The molecule has 0 saturated heterocycles. The molecule has 112 valence electrons. The highest BCUT2D eigenvalue weighted by atomic mass is 35.5. The van der Waals surface area contributed by atoms with Crippen molar-refractivity contribution in [3.8, 4) is 11.1 Å². The Hall–Kier alpha value is -2.26. The molecular weight excluding hydrogens is 298 g/mol. The number of aromatic nitrogens is 1. The van der Waals surface area contributed by atoms with Crippen LogP contribution in [0.2, 0.25) is 5.02 Å². The summed E-state index contributed by atoms with van der Waals surface area (Å²) in [5, 5.41) is 11.1. The second kappa shape index (κ2) is 5.50. The molecule has 0 aliphatic rings. The summed E-state index contributed by atoms with van der Waals surface area (Å²) < 4.78 is 0. The zero-order valence-electron chi connectivity index (χ0n) is 12.4. The predicted molar refractivity (Wildman–Crippen MR) is 89.8 cm³/mol. The molecule has 0 radical (unpaired) electrons. The van der Waals surface area contributed by atoms with Gasteiger partial charge >= 0.3 is 5.97 Å². The first kappa shape index (κ1) is 14.7. The lowest BCUT2D eigenvalue weighted by atomic mass is 9.97. The van der Waals surface area contributed by atoms with Crippen LogP contribution in [0, 0.1) is 0 Å². The van der Waals surface area contributed by atoms with Gasteiger partial charge in [-0.25, -0.2) is 4.79 Å². The molecular formula is C18H16ClNO2. The molecule has 22 heavy (non-hydrogen) atoms. The van der Waals surface area contributed by atoms with E-state index in [1.165, 1.54) is 0 Å². The van der Waals surface area contributed by atoms with E-state index in [0.717, 1.165) is 22.0 Å². The highest BCUT2D eigenvalue weighted by molar-refractivity contribution is 6.30. The van der Waals surface area contributed by atoms with Gasteiger partial charge in [-0.15, -0.1) is 0 Å². The van der Waals surface area contributed by atoms with Crippen molar-refractivity contribution < 1.29 is 9.90 Å². The summed E-state index contributed by atoms with van der Waals surface area (Å²) >= 11 is 5.94. The van der Waals surface area contributed by atoms with E-state index in [-0.39, 0.29) is 5.69 Å². The maximum Gasteiger partial charge on any atom is 0.352 e. The lowest BCUT2D eigenvalue weighted by molar-refractivity contribution is 0.0692. The summed E-state index contributed by atoms with van der Waals surface area (Å²) in [6, 6.07) is 13.2. The molecule has 0 amide bonds. The van der Waals surface area contributed by atoms with Gasteiger partial charge in [-0.3, -0.25) is 0 Å². The summed E-state index contributed by atoms with van der Waals surface area (Å²) in [5.41, 5.74) is 3.76. The van der Waals surface area contributed by atoms with Crippen LogP contribution in [0.15, 0.2) is 42.5 Å². The van der Waals surface area contributed by atoms with Crippen molar-refractivity contribution in [2.75, 3.05) is 0 Å². The van der Waals surface area contributed by atoms with Gasteiger partial charge in [0.05, 0.1) is 5.52 Å². The molecule has 3 rings (SSSR count). The van der Waals surface area contributed by atoms with Crippen molar-refractivity contribution in [3.05, 3.63) is 58.7 Å². The molecule has 0 bridgehead atoms. The number of hydrogen-bond donors (Lipinski definition) is 2. The summed E-state index contributed by atoms with van der Waals surface area (Å²) in [6.07, 6.45) is 0. The van der Waals surface area contributed by atoms with E-state index in [4.69, 9.17) is 11.6 Å². The van der Waals surface area contributed by atoms with Gasteiger partial charge in [0.2, 0.25) is 0 Å². The summed E-state index contributed by atoms with van der Waals surface area (Å²) in [5.74, 6) is -0.655. The summed E-state index contributed by atoms with van der Waals surface area (Å²) in [7, 11) is 0. The van der Waals surface area contributed by atoms with E-state index in [0.29, 0.717) is 16.5 Å². The van der Waals surface area contributed by atoms with Crippen molar-refractivity contribution in [2.24, 2.45) is 0 Å². The van der Waals surface area contributed by atoms with Gasteiger partial charge in [0.15, 0.2) is 0 Å². The number of carboxylic acids is 1. The number of carbonyl (C=O) groups is 1. The van der Waals surface area contributed by atoms with Gasteiger partial charge in [0.25, 0.3) is 0 Å². The molecule has 3 nitrogen and oxygen atoms in total. The average Bonchev–Trinajstić information content (AvgIpc) is 2.87. The molecule has 0 spiro atoms. The normalized spacial score (nSPS) is 11.3. The molecule has 0 aliphatic carbocycles. The fraction of sp³-hybridized carbons (Fsp3) is 0.167. The van der Waals surface area contributed by atoms with E-state index >= 15 is 0 Å². The predicted octanol–water partition coefficient (Wildman–Crippen LogP) is 5.31. The first-order valence-corrected chi connectivity index (χ1v) is 7.50. The number of fused-ring (bicyclic) bond motifs is 1. The molecule has 0 saturated carbocycles. The largest absolute Gasteiger partial charge is 0.477 e. The number of rotatable bonds is 3. The Morgan fingerprint density at radius 2 is 1.82 bits per heavy atom. The Balaban J connectivity index is 2.36. The van der Waals surface area contributed by atoms with E-state index < -0.39 is 5.97 Å². The van der Waals surface area contributed by atoms with Gasteiger partial charge in [-0.2, -0.15) is 0 Å². The van der Waals surface area contributed by atoms with Gasteiger partial charge in [-0.1, -0.05) is 55.8 Å². The van der Waals surface area contributed by atoms with Crippen molar-refractivity contribution in [1.29, 1.82) is 0 Å². The highest BCUT2D eigenvalue weighted by Crippen LogP contribution is 2.36. The van der Waals surface area contributed by atoms with Crippen molar-refractivity contribution in [3.63, 3.8) is 0 Å². The van der Waals surface area contributed by atoms with Crippen LogP contribution in [0.25, 0.3) is 22.0 Å². The SMILES string of the molecule is CC(C)c1cccc2c(-c3ccc(Cl)cc3)c(C(=O)O)[nH]c12. The fourth-order valence-corrected chi connectivity index (χ4v) is 2.92.